The quantitative estimate of drug-likeness (QED) is 0.437. The van der Waals surface area contributed by atoms with Crippen LogP contribution in [0, 0.1) is 5.41 Å². The van der Waals surface area contributed by atoms with E-state index in [0.717, 1.165) is 11.3 Å². The molecule has 0 saturated heterocycles. The second-order valence-corrected chi connectivity index (χ2v) is 5.55. The zero-order valence-electron chi connectivity index (χ0n) is 11.4. The van der Waals surface area contributed by atoms with Crippen LogP contribution in [-0.2, 0) is 0 Å². The lowest BCUT2D eigenvalue weighted by Crippen LogP contribution is -1.95. The molecule has 0 fully saturated rings. The van der Waals surface area contributed by atoms with E-state index >= 15 is 0 Å². The van der Waals surface area contributed by atoms with Gasteiger partial charge in [-0.25, -0.2) is 0 Å². The van der Waals surface area contributed by atoms with Gasteiger partial charge in [0.15, 0.2) is 0 Å². The van der Waals surface area contributed by atoms with Crippen LogP contribution < -0.4 is 11.1 Å². The third kappa shape index (κ3) is 2.89. The third-order valence-corrected chi connectivity index (χ3v) is 3.90. The molecule has 0 radical (unpaired) electrons. The fraction of sp³-hybridized carbons (Fsp3) is 0. The Bertz CT molecular complexity index is 830. The highest BCUT2D eigenvalue weighted by Gasteiger charge is 2.08. The highest BCUT2D eigenvalue weighted by Crippen LogP contribution is 2.30. The van der Waals surface area contributed by atoms with Crippen LogP contribution in [0.3, 0.4) is 0 Å². The second-order valence-electron chi connectivity index (χ2n) is 4.58. The van der Waals surface area contributed by atoms with Crippen LogP contribution in [0.5, 0.6) is 5.75 Å². The molecule has 0 aliphatic carbocycles. The normalized spacial score (nSPS) is 10.4. The molecule has 0 unspecified atom stereocenters. The third-order valence-electron chi connectivity index (χ3n) is 3.01. The summed E-state index contributed by atoms with van der Waals surface area (Å²) in [4.78, 5) is 0. The van der Waals surface area contributed by atoms with Crippen LogP contribution in [-0.4, -0.2) is 21.5 Å². The van der Waals surface area contributed by atoms with E-state index in [0.29, 0.717) is 21.4 Å². The highest BCUT2D eigenvalue weighted by molar-refractivity contribution is 7.18. The molecule has 6 nitrogen and oxygen atoms in total. The number of nitrogens with two attached hydrogens (primary N) is 1. The van der Waals surface area contributed by atoms with Crippen LogP contribution >= 0.6 is 11.3 Å². The largest absolute Gasteiger partial charge is 0.508 e. The lowest BCUT2D eigenvalue weighted by Gasteiger charge is -2.05. The predicted molar refractivity (Wildman–Crippen MR) is 89.0 cm³/mol. The smallest absolute Gasteiger partial charge is 0.210 e. The molecule has 2 aromatic carbocycles. The first-order valence-corrected chi connectivity index (χ1v) is 7.27. The standard InChI is InChI=1S/C15H13N5OS/c16-8-10-6-11(4-5-13(10)17)18-15-20-19-14(22-15)9-2-1-3-12(21)7-9/h1-8,16,21H,17H2,(H,18,20). The summed E-state index contributed by atoms with van der Waals surface area (Å²) in [5, 5.41) is 29.5. The number of phenols is 1. The SMILES string of the molecule is N=Cc1cc(Nc2nnc(-c3cccc(O)c3)s2)ccc1N. The summed E-state index contributed by atoms with van der Waals surface area (Å²) >= 11 is 1.37. The number of anilines is 3. The highest BCUT2D eigenvalue weighted by atomic mass is 32.1. The van der Waals surface area contributed by atoms with Gasteiger partial charge in [-0.1, -0.05) is 23.5 Å². The molecule has 0 aliphatic rings. The maximum absolute atomic E-state index is 9.51. The van der Waals surface area contributed by atoms with Gasteiger partial charge in [-0.15, -0.1) is 10.2 Å². The van der Waals surface area contributed by atoms with Gasteiger partial charge < -0.3 is 21.6 Å². The Hall–Kier alpha value is -2.93. The molecule has 7 heteroatoms. The summed E-state index contributed by atoms with van der Waals surface area (Å²) in [6, 6.07) is 12.2. The molecule has 0 aliphatic heterocycles. The summed E-state index contributed by atoms with van der Waals surface area (Å²) in [7, 11) is 0. The molecule has 22 heavy (non-hydrogen) atoms. The predicted octanol–water partition coefficient (Wildman–Crippen LogP) is 3.23. The maximum Gasteiger partial charge on any atom is 0.210 e. The minimum absolute atomic E-state index is 0.191. The summed E-state index contributed by atoms with van der Waals surface area (Å²) in [5.74, 6) is 0.191. The number of benzene rings is 2. The Balaban J connectivity index is 1.84. The molecule has 3 aromatic rings. The Kier molecular flexibility index (Phi) is 3.71. The number of nitrogen functional groups attached to an aromatic ring is 1. The molecular formula is C15H13N5OS. The molecular weight excluding hydrogens is 298 g/mol. The topological polar surface area (TPSA) is 108 Å². The van der Waals surface area contributed by atoms with E-state index < -0.39 is 0 Å². The fourth-order valence-corrected chi connectivity index (χ4v) is 2.69. The Labute approximate surface area is 130 Å². The van der Waals surface area contributed by atoms with Crippen LogP contribution in [0.4, 0.5) is 16.5 Å². The number of phenolic OH excluding ortho intramolecular Hbond substituents is 1. The van der Waals surface area contributed by atoms with E-state index in [4.69, 9.17) is 11.1 Å². The molecule has 0 bridgehead atoms. The van der Waals surface area contributed by atoms with E-state index in [1.54, 1.807) is 30.3 Å². The van der Waals surface area contributed by atoms with Gasteiger partial charge in [0, 0.05) is 28.7 Å². The number of nitrogens with one attached hydrogen (secondary N) is 2. The van der Waals surface area contributed by atoms with Crippen molar-refractivity contribution in [2.45, 2.75) is 0 Å². The Morgan fingerprint density at radius 3 is 2.82 bits per heavy atom. The van der Waals surface area contributed by atoms with Crippen molar-refractivity contribution in [3.05, 3.63) is 48.0 Å². The van der Waals surface area contributed by atoms with E-state index in [9.17, 15) is 5.11 Å². The monoisotopic (exact) mass is 311 g/mol. The fourth-order valence-electron chi connectivity index (χ4n) is 1.93. The number of rotatable bonds is 4. The van der Waals surface area contributed by atoms with Gasteiger partial charge in [0.2, 0.25) is 5.13 Å². The van der Waals surface area contributed by atoms with Crippen LogP contribution in [0.1, 0.15) is 5.56 Å². The van der Waals surface area contributed by atoms with Crippen molar-refractivity contribution in [1.29, 1.82) is 5.41 Å². The van der Waals surface area contributed by atoms with Gasteiger partial charge in [-0.2, -0.15) is 0 Å². The first-order chi connectivity index (χ1) is 10.7. The van der Waals surface area contributed by atoms with Crippen molar-refractivity contribution in [2.24, 2.45) is 0 Å². The molecule has 3 rings (SSSR count). The maximum atomic E-state index is 9.51. The molecule has 0 spiro atoms. The van der Waals surface area contributed by atoms with Gasteiger partial charge in [0.1, 0.15) is 10.8 Å². The summed E-state index contributed by atoms with van der Waals surface area (Å²) in [5.41, 5.74) is 8.55. The van der Waals surface area contributed by atoms with E-state index in [1.807, 2.05) is 12.1 Å². The lowest BCUT2D eigenvalue weighted by molar-refractivity contribution is 0.475. The molecule has 5 N–H and O–H groups in total. The Morgan fingerprint density at radius 1 is 1.18 bits per heavy atom. The average Bonchev–Trinajstić information content (AvgIpc) is 2.98. The van der Waals surface area contributed by atoms with Crippen molar-refractivity contribution in [2.75, 3.05) is 11.1 Å². The average molecular weight is 311 g/mol. The first-order valence-electron chi connectivity index (χ1n) is 6.45. The minimum atomic E-state index is 0.191. The lowest BCUT2D eigenvalue weighted by atomic mass is 10.2. The minimum Gasteiger partial charge on any atom is -0.508 e. The summed E-state index contributed by atoms with van der Waals surface area (Å²) in [6.45, 7) is 0. The molecule has 0 amide bonds. The zero-order valence-corrected chi connectivity index (χ0v) is 12.3. The van der Waals surface area contributed by atoms with E-state index in [1.165, 1.54) is 17.6 Å². The zero-order chi connectivity index (χ0) is 15.5. The number of hydrogen-bond donors (Lipinski definition) is 4. The van der Waals surface area contributed by atoms with E-state index in [-0.39, 0.29) is 5.75 Å². The van der Waals surface area contributed by atoms with Crippen LogP contribution in [0.25, 0.3) is 10.6 Å². The van der Waals surface area contributed by atoms with Gasteiger partial charge in [0.05, 0.1) is 0 Å². The molecule has 1 heterocycles. The Morgan fingerprint density at radius 2 is 2.05 bits per heavy atom. The number of aromatic nitrogens is 2. The van der Waals surface area contributed by atoms with Gasteiger partial charge in [0.25, 0.3) is 0 Å². The number of nitrogens with zero attached hydrogens (tertiary/aromatic N) is 2. The van der Waals surface area contributed by atoms with Gasteiger partial charge in [-0.3, -0.25) is 0 Å². The molecule has 1 aromatic heterocycles. The van der Waals surface area contributed by atoms with Crippen molar-refractivity contribution >= 4 is 34.1 Å². The van der Waals surface area contributed by atoms with Gasteiger partial charge >= 0.3 is 0 Å². The molecule has 110 valence electrons. The van der Waals surface area contributed by atoms with Crippen LogP contribution in [0.2, 0.25) is 0 Å². The van der Waals surface area contributed by atoms with Crippen molar-refractivity contribution in [1.82, 2.24) is 10.2 Å². The van der Waals surface area contributed by atoms with Crippen molar-refractivity contribution in [3.8, 4) is 16.3 Å². The summed E-state index contributed by atoms with van der Waals surface area (Å²) in [6.07, 6.45) is 1.21. The summed E-state index contributed by atoms with van der Waals surface area (Å²) < 4.78 is 0. The second kappa shape index (κ2) is 5.82. The number of aromatic hydroxyl groups is 1. The first kappa shape index (κ1) is 14.0. The van der Waals surface area contributed by atoms with E-state index in [2.05, 4.69) is 15.5 Å². The van der Waals surface area contributed by atoms with Crippen molar-refractivity contribution in [3.63, 3.8) is 0 Å². The molecule has 0 atom stereocenters. The number of hydrogen-bond acceptors (Lipinski definition) is 7. The molecule has 0 saturated carbocycles. The van der Waals surface area contributed by atoms with Crippen LogP contribution in [0.15, 0.2) is 42.5 Å². The van der Waals surface area contributed by atoms with Crippen molar-refractivity contribution < 1.29 is 5.11 Å². The van der Waals surface area contributed by atoms with Gasteiger partial charge in [-0.05, 0) is 30.3 Å².